The molecule has 0 fully saturated rings. The topological polar surface area (TPSA) is 80.4 Å². The number of aromatic nitrogens is 1. The van der Waals surface area contributed by atoms with E-state index in [4.69, 9.17) is 21.1 Å². The van der Waals surface area contributed by atoms with Crippen LogP contribution in [0.2, 0.25) is 5.02 Å². The summed E-state index contributed by atoms with van der Waals surface area (Å²) in [6.07, 6.45) is 1.90. The first-order chi connectivity index (χ1) is 13.4. The molecule has 0 atom stereocenters. The van der Waals surface area contributed by atoms with E-state index in [0.717, 1.165) is 24.1 Å². The van der Waals surface area contributed by atoms with Gasteiger partial charge in [-0.15, -0.1) is 0 Å². The van der Waals surface area contributed by atoms with Crippen LogP contribution < -0.4 is 20.3 Å². The van der Waals surface area contributed by atoms with Crippen molar-refractivity contribution in [1.29, 1.82) is 0 Å². The predicted octanol–water partition coefficient (Wildman–Crippen LogP) is 4.15. The van der Waals surface area contributed by atoms with Crippen LogP contribution in [0.4, 0.5) is 0 Å². The number of aromatic amines is 1. The number of ether oxygens (including phenoxy) is 2. The first kappa shape index (κ1) is 21.8. The smallest absolute Gasteiger partial charge is 0.253 e. The Bertz CT molecular complexity index is 893. The second kappa shape index (κ2) is 10.2. The van der Waals surface area contributed by atoms with Gasteiger partial charge in [-0.1, -0.05) is 24.9 Å². The largest absolute Gasteiger partial charge is 0.490 e. The van der Waals surface area contributed by atoms with Crippen molar-refractivity contribution in [3.8, 4) is 11.5 Å². The van der Waals surface area contributed by atoms with Gasteiger partial charge in [-0.2, -0.15) is 0 Å². The van der Waals surface area contributed by atoms with Crippen molar-refractivity contribution >= 4 is 17.5 Å². The molecule has 2 rings (SSSR count). The number of H-pyrrole nitrogens is 1. The first-order valence-electron chi connectivity index (χ1n) is 9.44. The molecule has 6 nitrogen and oxygen atoms in total. The van der Waals surface area contributed by atoms with Crippen LogP contribution in [0.15, 0.2) is 23.0 Å². The number of aryl methyl sites for hydroxylation is 2. The van der Waals surface area contributed by atoms with Crippen LogP contribution in [-0.4, -0.2) is 24.1 Å². The molecule has 0 radical (unpaired) electrons. The number of hydrogen-bond acceptors (Lipinski definition) is 4. The van der Waals surface area contributed by atoms with Gasteiger partial charge in [-0.3, -0.25) is 9.59 Å². The Kier molecular flexibility index (Phi) is 7.93. The van der Waals surface area contributed by atoms with Crippen molar-refractivity contribution in [1.82, 2.24) is 10.3 Å². The summed E-state index contributed by atoms with van der Waals surface area (Å²) in [6.45, 7) is 8.65. The van der Waals surface area contributed by atoms with Gasteiger partial charge in [0.2, 0.25) is 0 Å². The van der Waals surface area contributed by atoms with E-state index in [1.54, 1.807) is 12.1 Å². The fourth-order valence-corrected chi connectivity index (χ4v) is 3.06. The van der Waals surface area contributed by atoms with Crippen LogP contribution in [0.3, 0.4) is 0 Å². The van der Waals surface area contributed by atoms with Crippen LogP contribution >= 0.6 is 11.6 Å². The highest BCUT2D eigenvalue weighted by Crippen LogP contribution is 2.37. The summed E-state index contributed by atoms with van der Waals surface area (Å²) >= 11 is 6.34. The van der Waals surface area contributed by atoms with Crippen molar-refractivity contribution in [2.24, 2.45) is 0 Å². The molecule has 0 aliphatic carbocycles. The molecular weight excluding hydrogens is 380 g/mol. The number of rotatable bonds is 9. The highest BCUT2D eigenvalue weighted by atomic mass is 35.5. The molecule has 0 bridgehead atoms. The summed E-state index contributed by atoms with van der Waals surface area (Å²) in [5.74, 6) is 0.530. The van der Waals surface area contributed by atoms with Crippen molar-refractivity contribution in [3.63, 3.8) is 0 Å². The molecule has 0 saturated carbocycles. The minimum atomic E-state index is -0.345. The lowest BCUT2D eigenvalue weighted by molar-refractivity contribution is 0.0950. The molecule has 152 valence electrons. The number of carbonyl (C=O) groups excluding carboxylic acids is 1. The van der Waals surface area contributed by atoms with E-state index >= 15 is 0 Å². The van der Waals surface area contributed by atoms with Crippen LogP contribution in [0.5, 0.6) is 11.5 Å². The predicted molar refractivity (Wildman–Crippen MR) is 111 cm³/mol. The Hall–Kier alpha value is -2.47. The van der Waals surface area contributed by atoms with E-state index < -0.39 is 0 Å². The number of amides is 1. The summed E-state index contributed by atoms with van der Waals surface area (Å²) in [7, 11) is 0. The van der Waals surface area contributed by atoms with Gasteiger partial charge in [-0.25, -0.2) is 0 Å². The van der Waals surface area contributed by atoms with Crippen molar-refractivity contribution in [2.75, 3.05) is 13.2 Å². The third kappa shape index (κ3) is 5.52. The fraction of sp³-hybridized carbons (Fsp3) is 0.429. The molecule has 1 amide bonds. The Morgan fingerprint density at radius 2 is 1.93 bits per heavy atom. The summed E-state index contributed by atoms with van der Waals surface area (Å²) in [5, 5.41) is 3.09. The molecule has 1 heterocycles. The second-order valence-electron chi connectivity index (χ2n) is 6.55. The zero-order valence-electron chi connectivity index (χ0n) is 16.8. The van der Waals surface area contributed by atoms with Gasteiger partial charge >= 0.3 is 0 Å². The molecule has 0 spiro atoms. The number of carbonyl (C=O) groups is 1. The maximum Gasteiger partial charge on any atom is 0.253 e. The van der Waals surface area contributed by atoms with Gasteiger partial charge in [-0.05, 0) is 51.0 Å². The Morgan fingerprint density at radius 1 is 1.18 bits per heavy atom. The van der Waals surface area contributed by atoms with Gasteiger partial charge in [0.1, 0.15) is 0 Å². The molecule has 0 saturated heterocycles. The summed E-state index contributed by atoms with van der Waals surface area (Å²) in [6, 6.07) is 5.03. The summed E-state index contributed by atoms with van der Waals surface area (Å²) in [4.78, 5) is 27.5. The van der Waals surface area contributed by atoms with Gasteiger partial charge in [0, 0.05) is 23.4 Å². The van der Waals surface area contributed by atoms with E-state index in [0.29, 0.717) is 40.9 Å². The molecule has 0 aliphatic rings. The zero-order chi connectivity index (χ0) is 20.7. The molecule has 28 heavy (non-hydrogen) atoms. The molecule has 2 aromatic rings. The maximum absolute atomic E-state index is 12.6. The minimum absolute atomic E-state index is 0.122. The maximum atomic E-state index is 12.6. The Labute approximate surface area is 170 Å². The van der Waals surface area contributed by atoms with Gasteiger partial charge in [0.15, 0.2) is 11.5 Å². The number of pyridine rings is 1. The zero-order valence-corrected chi connectivity index (χ0v) is 17.5. The average molecular weight is 407 g/mol. The quantitative estimate of drug-likeness (QED) is 0.613. The van der Waals surface area contributed by atoms with Gasteiger partial charge in [0.05, 0.1) is 18.2 Å². The van der Waals surface area contributed by atoms with Gasteiger partial charge in [0.25, 0.3) is 11.5 Å². The van der Waals surface area contributed by atoms with Crippen molar-refractivity contribution in [2.45, 2.75) is 47.1 Å². The minimum Gasteiger partial charge on any atom is -0.490 e. The van der Waals surface area contributed by atoms with E-state index in [1.807, 2.05) is 26.8 Å². The number of hydrogen-bond donors (Lipinski definition) is 2. The van der Waals surface area contributed by atoms with Crippen LogP contribution in [-0.2, 0) is 6.54 Å². The number of nitrogens with one attached hydrogen (secondary N) is 2. The van der Waals surface area contributed by atoms with Crippen LogP contribution in [0, 0.1) is 13.8 Å². The van der Waals surface area contributed by atoms with Crippen LogP contribution in [0.25, 0.3) is 0 Å². The van der Waals surface area contributed by atoms with Crippen molar-refractivity contribution < 1.29 is 14.3 Å². The number of unbranched alkanes of at least 4 members (excludes halogenated alkanes) is 1. The Morgan fingerprint density at radius 3 is 2.57 bits per heavy atom. The molecular formula is C21H27ClN2O4. The molecule has 0 aliphatic heterocycles. The lowest BCUT2D eigenvalue weighted by Crippen LogP contribution is -2.28. The third-order valence-electron chi connectivity index (χ3n) is 4.24. The molecule has 7 heteroatoms. The fourth-order valence-electron chi connectivity index (χ4n) is 2.79. The third-order valence-corrected chi connectivity index (χ3v) is 4.52. The first-order valence-corrected chi connectivity index (χ1v) is 9.81. The van der Waals surface area contributed by atoms with Crippen molar-refractivity contribution in [3.05, 3.63) is 56.0 Å². The lowest BCUT2D eigenvalue weighted by Gasteiger charge is -2.15. The Balaban J connectivity index is 2.20. The second-order valence-corrected chi connectivity index (χ2v) is 6.95. The van der Waals surface area contributed by atoms with Gasteiger partial charge < -0.3 is 19.8 Å². The summed E-state index contributed by atoms with van der Waals surface area (Å²) < 4.78 is 11.3. The molecule has 0 unspecified atom stereocenters. The van der Waals surface area contributed by atoms with E-state index in [1.165, 1.54) is 0 Å². The average Bonchev–Trinajstić information content (AvgIpc) is 2.62. The summed E-state index contributed by atoms with van der Waals surface area (Å²) in [5.41, 5.74) is 2.27. The molecule has 1 aromatic heterocycles. The molecule has 1 aromatic carbocycles. The highest BCUT2D eigenvalue weighted by Gasteiger charge is 2.17. The van der Waals surface area contributed by atoms with E-state index in [-0.39, 0.29) is 18.0 Å². The number of halogens is 1. The molecule has 2 N–H and O–H groups in total. The SMILES string of the molecule is CCCCOc1c(Cl)cc(C(=O)NCc2c(C)cc(C)[nH]c2=O)cc1OCC. The number of benzene rings is 1. The van der Waals surface area contributed by atoms with E-state index in [9.17, 15) is 9.59 Å². The normalized spacial score (nSPS) is 10.6. The van der Waals surface area contributed by atoms with Crippen LogP contribution in [0.1, 0.15) is 53.9 Å². The van der Waals surface area contributed by atoms with E-state index in [2.05, 4.69) is 17.2 Å². The monoisotopic (exact) mass is 406 g/mol. The highest BCUT2D eigenvalue weighted by molar-refractivity contribution is 6.32. The standard InChI is InChI=1S/C21H27ClN2O4/c1-5-7-8-28-19-17(22)10-15(11-18(19)27-6-2)20(25)23-12-16-13(3)9-14(4)24-21(16)26/h9-11H,5-8,12H2,1-4H3,(H,23,25)(H,24,26). The lowest BCUT2D eigenvalue weighted by atomic mass is 10.1.